The smallest absolute Gasteiger partial charge is 0.343 e. The summed E-state index contributed by atoms with van der Waals surface area (Å²) in [6.07, 6.45) is 4.32. The predicted molar refractivity (Wildman–Crippen MR) is 112 cm³/mol. The van der Waals surface area contributed by atoms with Gasteiger partial charge in [0.15, 0.2) is 16.9 Å². The molecule has 0 N–H and O–H groups in total. The Morgan fingerprint density at radius 2 is 2.03 bits per heavy atom. The highest BCUT2D eigenvalue weighted by atomic mass is 16.6. The van der Waals surface area contributed by atoms with Gasteiger partial charge < -0.3 is 18.8 Å². The molecule has 6 heteroatoms. The van der Waals surface area contributed by atoms with Gasteiger partial charge in [-0.25, -0.2) is 4.79 Å². The highest BCUT2D eigenvalue weighted by Crippen LogP contribution is 2.37. The van der Waals surface area contributed by atoms with Crippen LogP contribution in [0, 0.1) is 0 Å². The largest absolute Gasteiger partial charge is 0.486 e. The average molecular weight is 395 g/mol. The van der Waals surface area contributed by atoms with Crippen molar-refractivity contribution in [3.05, 3.63) is 70.2 Å². The number of nitrogens with zero attached hydrogens (tertiary/aromatic N) is 1. The van der Waals surface area contributed by atoms with Crippen molar-refractivity contribution < 1.29 is 19.0 Å². The highest BCUT2D eigenvalue weighted by Gasteiger charge is 2.18. The van der Waals surface area contributed by atoms with Gasteiger partial charge in [-0.1, -0.05) is 25.6 Å². The summed E-state index contributed by atoms with van der Waals surface area (Å²) in [5, 5.41) is 0. The zero-order valence-electron chi connectivity index (χ0n) is 17.0. The van der Waals surface area contributed by atoms with E-state index in [-0.39, 0.29) is 11.0 Å². The number of hydrogen-bond acceptors (Lipinski definition) is 5. The van der Waals surface area contributed by atoms with Crippen LogP contribution in [0.4, 0.5) is 0 Å². The Hall–Kier alpha value is -3.28. The minimum Gasteiger partial charge on any atom is -0.486 e. The van der Waals surface area contributed by atoms with Crippen LogP contribution < -0.4 is 14.9 Å². The molecule has 0 amide bonds. The number of ether oxygens (including phenoxy) is 3. The van der Waals surface area contributed by atoms with Gasteiger partial charge in [0.2, 0.25) is 0 Å². The van der Waals surface area contributed by atoms with Crippen LogP contribution >= 0.6 is 0 Å². The second-order valence-electron chi connectivity index (χ2n) is 6.80. The van der Waals surface area contributed by atoms with Crippen LogP contribution in [0.15, 0.2) is 47.9 Å². The summed E-state index contributed by atoms with van der Waals surface area (Å²) in [7, 11) is 1.27. The van der Waals surface area contributed by atoms with Crippen molar-refractivity contribution in [2.45, 2.75) is 26.8 Å². The molecule has 152 valence electrons. The molecule has 0 saturated heterocycles. The molecule has 0 aliphatic carbocycles. The Bertz CT molecular complexity index is 1030. The Labute approximate surface area is 170 Å². The molecule has 1 aromatic carbocycles. The SMILES string of the molecule is C=C(/C=C(\C)c1cc(=O)c(C(=O)OC)cn1CCC)c1cccc2c1OCCO2. The molecule has 0 atom stereocenters. The van der Waals surface area contributed by atoms with Crippen LogP contribution in [-0.2, 0) is 11.3 Å². The molecule has 1 aromatic heterocycles. The standard InChI is InChI=1S/C23H25NO5/c1-5-9-24-14-18(23(26)27-4)20(25)13-19(24)16(3)12-15(2)17-7-6-8-21-22(17)29-11-10-28-21/h6-8,12-14H,2,5,9-11H2,1,3-4H3/b16-12+. The lowest BCUT2D eigenvalue weighted by Gasteiger charge is -2.21. The second kappa shape index (κ2) is 8.82. The van der Waals surface area contributed by atoms with Gasteiger partial charge >= 0.3 is 5.97 Å². The molecule has 6 nitrogen and oxygen atoms in total. The molecule has 0 spiro atoms. The lowest BCUT2D eigenvalue weighted by Crippen LogP contribution is -2.21. The first-order valence-corrected chi connectivity index (χ1v) is 9.55. The van der Waals surface area contributed by atoms with Crippen molar-refractivity contribution in [1.82, 2.24) is 4.57 Å². The lowest BCUT2D eigenvalue weighted by molar-refractivity contribution is 0.0598. The second-order valence-corrected chi connectivity index (χ2v) is 6.80. The van der Waals surface area contributed by atoms with Gasteiger partial charge in [-0.3, -0.25) is 4.79 Å². The predicted octanol–water partition coefficient (Wildman–Crippen LogP) is 3.93. The number of para-hydroxylation sites is 1. The molecule has 2 aromatic rings. The molecule has 3 rings (SSSR count). The number of hydrogen-bond donors (Lipinski definition) is 0. The van der Waals surface area contributed by atoms with Crippen molar-refractivity contribution in [2.75, 3.05) is 20.3 Å². The first-order chi connectivity index (χ1) is 14.0. The number of allylic oxidation sites excluding steroid dienone is 3. The number of pyridine rings is 1. The van der Waals surface area contributed by atoms with Crippen LogP contribution in [0.2, 0.25) is 0 Å². The third-order valence-corrected chi connectivity index (χ3v) is 4.70. The third-order valence-electron chi connectivity index (χ3n) is 4.70. The van der Waals surface area contributed by atoms with Crippen LogP contribution in [0.3, 0.4) is 0 Å². The summed E-state index contributed by atoms with van der Waals surface area (Å²) in [6, 6.07) is 7.17. The van der Waals surface area contributed by atoms with Crippen molar-refractivity contribution in [3.63, 3.8) is 0 Å². The van der Waals surface area contributed by atoms with E-state index in [4.69, 9.17) is 14.2 Å². The molecule has 29 heavy (non-hydrogen) atoms. The van der Waals surface area contributed by atoms with Gasteiger partial charge in [0.25, 0.3) is 0 Å². The lowest BCUT2D eigenvalue weighted by atomic mass is 10.0. The number of methoxy groups -OCH3 is 1. The van der Waals surface area contributed by atoms with E-state index in [9.17, 15) is 9.59 Å². The molecular formula is C23H25NO5. The number of aryl methyl sites for hydroxylation is 1. The maximum absolute atomic E-state index is 12.4. The van der Waals surface area contributed by atoms with Crippen molar-refractivity contribution in [2.24, 2.45) is 0 Å². The van der Waals surface area contributed by atoms with E-state index in [1.165, 1.54) is 13.2 Å². The van der Waals surface area contributed by atoms with Crippen LogP contribution in [0.1, 0.15) is 41.9 Å². The number of benzene rings is 1. The van der Waals surface area contributed by atoms with Crippen molar-refractivity contribution in [3.8, 4) is 11.5 Å². The summed E-state index contributed by atoms with van der Waals surface area (Å²) >= 11 is 0. The quantitative estimate of drug-likeness (QED) is 0.548. The van der Waals surface area contributed by atoms with E-state index < -0.39 is 5.97 Å². The van der Waals surface area contributed by atoms with Gasteiger partial charge in [0.1, 0.15) is 18.8 Å². The van der Waals surface area contributed by atoms with Gasteiger partial charge in [-0.2, -0.15) is 0 Å². The summed E-state index contributed by atoms with van der Waals surface area (Å²) in [5.74, 6) is 0.747. The van der Waals surface area contributed by atoms with Gasteiger partial charge in [-0.05, 0) is 36.6 Å². The van der Waals surface area contributed by atoms with E-state index in [0.29, 0.717) is 31.3 Å². The minimum atomic E-state index is -0.634. The number of carbonyl (C=O) groups is 1. The fraction of sp³-hybridized carbons (Fsp3) is 0.304. The Balaban J connectivity index is 2.01. The third kappa shape index (κ3) is 4.26. The van der Waals surface area contributed by atoms with Crippen molar-refractivity contribution >= 4 is 17.1 Å². The summed E-state index contributed by atoms with van der Waals surface area (Å²) in [4.78, 5) is 24.3. The first-order valence-electron chi connectivity index (χ1n) is 9.55. The fourth-order valence-corrected chi connectivity index (χ4v) is 3.34. The summed E-state index contributed by atoms with van der Waals surface area (Å²) in [6.45, 7) is 9.80. The van der Waals surface area contributed by atoms with E-state index in [2.05, 4.69) is 6.58 Å². The maximum atomic E-state index is 12.4. The zero-order chi connectivity index (χ0) is 21.0. The molecule has 1 aliphatic rings. The normalized spacial score (nSPS) is 13.1. The molecule has 0 radical (unpaired) electrons. The number of rotatable bonds is 6. The molecule has 0 fully saturated rings. The van der Waals surface area contributed by atoms with Crippen LogP contribution in [-0.4, -0.2) is 30.9 Å². The molecule has 0 unspecified atom stereocenters. The molecular weight excluding hydrogens is 370 g/mol. The van der Waals surface area contributed by atoms with Gasteiger partial charge in [0, 0.05) is 30.1 Å². The fourth-order valence-electron chi connectivity index (χ4n) is 3.34. The van der Waals surface area contributed by atoms with Crippen molar-refractivity contribution in [1.29, 1.82) is 0 Å². The topological polar surface area (TPSA) is 66.8 Å². The monoisotopic (exact) mass is 395 g/mol. The van der Waals surface area contributed by atoms with Crippen LogP contribution in [0.25, 0.3) is 11.1 Å². The Morgan fingerprint density at radius 3 is 2.76 bits per heavy atom. The maximum Gasteiger partial charge on any atom is 0.343 e. The van der Waals surface area contributed by atoms with Gasteiger partial charge in [0.05, 0.1) is 7.11 Å². The molecule has 2 heterocycles. The molecule has 0 saturated carbocycles. The average Bonchev–Trinajstić information content (AvgIpc) is 2.73. The number of aromatic nitrogens is 1. The zero-order valence-corrected chi connectivity index (χ0v) is 17.0. The van der Waals surface area contributed by atoms with E-state index in [1.54, 1.807) is 6.20 Å². The number of fused-ring (bicyclic) bond motifs is 1. The first kappa shape index (κ1) is 20.5. The Kier molecular flexibility index (Phi) is 6.22. The van der Waals surface area contributed by atoms with E-state index in [1.807, 2.05) is 42.7 Å². The molecule has 1 aliphatic heterocycles. The summed E-state index contributed by atoms with van der Waals surface area (Å²) in [5.41, 5.74) is 2.83. The Morgan fingerprint density at radius 1 is 1.28 bits per heavy atom. The van der Waals surface area contributed by atoms with Crippen LogP contribution in [0.5, 0.6) is 11.5 Å². The highest BCUT2D eigenvalue weighted by molar-refractivity contribution is 5.89. The van der Waals surface area contributed by atoms with Gasteiger partial charge in [-0.15, -0.1) is 0 Å². The number of carbonyl (C=O) groups excluding carboxylic acids is 1. The number of esters is 1. The van der Waals surface area contributed by atoms with E-state index in [0.717, 1.165) is 28.8 Å². The summed E-state index contributed by atoms with van der Waals surface area (Å²) < 4.78 is 18.0. The minimum absolute atomic E-state index is 0.0269. The molecule has 0 bridgehead atoms. The van der Waals surface area contributed by atoms with E-state index >= 15 is 0 Å².